The average molecular weight is 945 g/mol. The SMILES string of the molecule is C=C(C)/C(=C\C(=C/C)c1ccccc1)N(c1ccc2cc3c(cc2c1)oc1c3ccc2c3cc4ccc(N(c5cc(C)ccc5C)c5cc(-c6ccccc6)ccc5C)cc4cc3oc21)c1cc(C)ccc1C. The van der Waals surface area contributed by atoms with Gasteiger partial charge < -0.3 is 18.6 Å². The molecule has 0 N–H and O–H groups in total. The molecule has 0 radical (unpaired) electrons. The summed E-state index contributed by atoms with van der Waals surface area (Å²) in [4.78, 5) is 4.77. The number of hydrogen-bond donors (Lipinski definition) is 0. The van der Waals surface area contributed by atoms with Crippen LogP contribution in [0.25, 0.3) is 82.1 Å². The maximum atomic E-state index is 6.90. The third kappa shape index (κ3) is 8.06. The van der Waals surface area contributed by atoms with Crippen molar-refractivity contribution in [1.82, 2.24) is 0 Å². The lowest BCUT2D eigenvalue weighted by Crippen LogP contribution is -2.18. The monoisotopic (exact) mass is 944 g/mol. The molecule has 2 aromatic heterocycles. The molecule has 4 nitrogen and oxygen atoms in total. The summed E-state index contributed by atoms with van der Waals surface area (Å²) in [5, 5.41) is 8.62. The Labute approximate surface area is 427 Å². The standard InChI is InChI=1S/C69H56N2O2/c1-9-48(49-16-12-10-13-17-49)38-62(42(2)3)70(63-32-43(4)20-22-45(63)6)56-28-26-51-36-60-58-30-31-59-61-37-52-27-29-57(35-55(52)41-67(61)73-69(59)68(58)72-66(60)40-54(51)34-56)71(64-33-44(5)21-23-46(64)7)65-39-53(25-24-47(65)8)50-18-14-11-15-19-50/h9-41H,2H2,1,3-8H3/b48-9+,62-38+. The second-order valence-corrected chi connectivity index (χ2v) is 19.8. The van der Waals surface area contributed by atoms with Crippen molar-refractivity contribution in [2.24, 2.45) is 0 Å². The molecule has 0 aliphatic heterocycles. The highest BCUT2D eigenvalue weighted by Gasteiger charge is 2.23. The van der Waals surface area contributed by atoms with Crippen molar-refractivity contribution in [3.8, 4) is 11.1 Å². The molecule has 2 heterocycles. The number of hydrogen-bond acceptors (Lipinski definition) is 4. The fraction of sp³-hybridized carbons (Fsp3) is 0.101. The minimum absolute atomic E-state index is 0.753. The second-order valence-electron chi connectivity index (χ2n) is 19.8. The van der Waals surface area contributed by atoms with Crippen LogP contribution in [-0.2, 0) is 0 Å². The molecule has 0 saturated heterocycles. The molecule has 73 heavy (non-hydrogen) atoms. The lowest BCUT2D eigenvalue weighted by atomic mass is 9.99. The van der Waals surface area contributed by atoms with Gasteiger partial charge in [0.05, 0.1) is 0 Å². The summed E-state index contributed by atoms with van der Waals surface area (Å²) in [7, 11) is 0. The molecule has 12 aromatic rings. The first-order valence-electron chi connectivity index (χ1n) is 25.2. The smallest absolute Gasteiger partial charge is 0.178 e. The number of fused-ring (bicyclic) bond motifs is 9. The lowest BCUT2D eigenvalue weighted by Gasteiger charge is -2.31. The van der Waals surface area contributed by atoms with Crippen molar-refractivity contribution in [1.29, 1.82) is 0 Å². The number of rotatable bonds is 10. The van der Waals surface area contributed by atoms with Crippen LogP contribution in [0.5, 0.6) is 0 Å². The van der Waals surface area contributed by atoms with Crippen LogP contribution in [0.3, 0.4) is 0 Å². The maximum Gasteiger partial charge on any atom is 0.178 e. The van der Waals surface area contributed by atoms with E-state index < -0.39 is 0 Å². The van der Waals surface area contributed by atoms with E-state index >= 15 is 0 Å². The van der Waals surface area contributed by atoms with Crippen LogP contribution >= 0.6 is 0 Å². The topological polar surface area (TPSA) is 32.8 Å². The molecule has 0 fully saturated rings. The van der Waals surface area contributed by atoms with Crippen LogP contribution in [0.1, 0.15) is 47.2 Å². The number of benzene rings is 10. The van der Waals surface area contributed by atoms with E-state index in [1.807, 2.05) is 0 Å². The molecular weight excluding hydrogens is 889 g/mol. The molecule has 0 aliphatic carbocycles. The van der Waals surface area contributed by atoms with E-state index in [1.165, 1.54) is 38.9 Å². The molecule has 0 amide bonds. The van der Waals surface area contributed by atoms with Crippen molar-refractivity contribution >= 4 is 99.4 Å². The number of furan rings is 2. The summed E-state index contributed by atoms with van der Waals surface area (Å²) in [6.45, 7) is 19.6. The van der Waals surface area contributed by atoms with Gasteiger partial charge in [-0.15, -0.1) is 0 Å². The van der Waals surface area contributed by atoms with E-state index in [1.54, 1.807) is 0 Å². The van der Waals surface area contributed by atoms with Gasteiger partial charge in [-0.2, -0.15) is 0 Å². The third-order valence-corrected chi connectivity index (χ3v) is 14.6. The quantitative estimate of drug-likeness (QED) is 0.128. The molecule has 10 aromatic carbocycles. The van der Waals surface area contributed by atoms with Gasteiger partial charge in [-0.1, -0.05) is 122 Å². The molecule has 12 rings (SSSR count). The van der Waals surface area contributed by atoms with E-state index in [0.29, 0.717) is 0 Å². The fourth-order valence-electron chi connectivity index (χ4n) is 10.7. The predicted octanol–water partition coefficient (Wildman–Crippen LogP) is 20.2. The summed E-state index contributed by atoms with van der Waals surface area (Å²) in [6, 6.07) is 68.1. The van der Waals surface area contributed by atoms with Gasteiger partial charge in [0, 0.05) is 55.7 Å². The zero-order valence-electron chi connectivity index (χ0n) is 42.5. The Morgan fingerprint density at radius 1 is 0.452 bits per heavy atom. The zero-order valence-corrected chi connectivity index (χ0v) is 42.5. The van der Waals surface area contributed by atoms with Crippen molar-refractivity contribution < 1.29 is 8.83 Å². The molecule has 0 saturated carbocycles. The van der Waals surface area contributed by atoms with E-state index in [2.05, 4.69) is 265 Å². The first-order valence-corrected chi connectivity index (χ1v) is 25.2. The highest BCUT2D eigenvalue weighted by atomic mass is 16.4. The van der Waals surface area contributed by atoms with Gasteiger partial charge >= 0.3 is 0 Å². The van der Waals surface area contributed by atoms with Gasteiger partial charge in [0.15, 0.2) is 11.2 Å². The maximum absolute atomic E-state index is 6.90. The Bertz CT molecular complexity index is 4240. The zero-order chi connectivity index (χ0) is 50.1. The molecule has 0 atom stereocenters. The summed E-state index contributed by atoms with van der Waals surface area (Å²) in [5.41, 5.74) is 21.3. The van der Waals surface area contributed by atoms with Crippen molar-refractivity contribution in [2.45, 2.75) is 48.5 Å². The van der Waals surface area contributed by atoms with Crippen LogP contribution in [0.15, 0.2) is 227 Å². The third-order valence-electron chi connectivity index (χ3n) is 14.6. The highest BCUT2D eigenvalue weighted by Crippen LogP contribution is 2.45. The van der Waals surface area contributed by atoms with Crippen LogP contribution in [0.2, 0.25) is 0 Å². The van der Waals surface area contributed by atoms with Gasteiger partial charge in [-0.05, 0) is 211 Å². The first kappa shape index (κ1) is 45.3. The molecule has 4 heteroatoms. The normalized spacial score (nSPS) is 12.3. The second kappa shape index (κ2) is 18.1. The minimum Gasteiger partial charge on any atom is -0.452 e. The fourth-order valence-corrected chi connectivity index (χ4v) is 10.7. The van der Waals surface area contributed by atoms with Gasteiger partial charge in [0.2, 0.25) is 0 Å². The van der Waals surface area contributed by atoms with Crippen molar-refractivity contribution in [3.63, 3.8) is 0 Å². The number of anilines is 5. The highest BCUT2D eigenvalue weighted by molar-refractivity contribution is 6.21. The Morgan fingerprint density at radius 2 is 0.973 bits per heavy atom. The van der Waals surface area contributed by atoms with E-state index in [0.717, 1.165) is 116 Å². The van der Waals surface area contributed by atoms with Gasteiger partial charge in [-0.3, -0.25) is 0 Å². The Hall–Kier alpha value is -8.86. The van der Waals surface area contributed by atoms with E-state index in [4.69, 9.17) is 8.83 Å². The Balaban J connectivity index is 0.974. The number of nitrogens with zero attached hydrogens (tertiary/aromatic N) is 2. The molecular formula is C69H56N2O2. The van der Waals surface area contributed by atoms with Gasteiger partial charge in [0.1, 0.15) is 11.2 Å². The van der Waals surface area contributed by atoms with Crippen LogP contribution in [0, 0.1) is 34.6 Å². The van der Waals surface area contributed by atoms with Crippen LogP contribution in [0.4, 0.5) is 28.4 Å². The van der Waals surface area contributed by atoms with Gasteiger partial charge in [-0.25, -0.2) is 0 Å². The molecule has 354 valence electrons. The molecule has 0 bridgehead atoms. The van der Waals surface area contributed by atoms with E-state index in [-0.39, 0.29) is 0 Å². The summed E-state index contributed by atoms with van der Waals surface area (Å²) in [5.74, 6) is 0. The van der Waals surface area contributed by atoms with Crippen LogP contribution in [-0.4, -0.2) is 0 Å². The van der Waals surface area contributed by atoms with Crippen LogP contribution < -0.4 is 9.80 Å². The molecule has 0 aliphatic rings. The molecule has 0 unspecified atom stereocenters. The van der Waals surface area contributed by atoms with Gasteiger partial charge in [0.25, 0.3) is 0 Å². The Kier molecular flexibility index (Phi) is 11.2. The van der Waals surface area contributed by atoms with Crippen molar-refractivity contribution in [2.75, 3.05) is 9.80 Å². The summed E-state index contributed by atoms with van der Waals surface area (Å²) < 4.78 is 13.8. The largest absolute Gasteiger partial charge is 0.452 e. The van der Waals surface area contributed by atoms with E-state index in [9.17, 15) is 0 Å². The lowest BCUT2D eigenvalue weighted by molar-refractivity contribution is 0.634. The Morgan fingerprint density at radius 3 is 1.56 bits per heavy atom. The first-order chi connectivity index (χ1) is 35.5. The number of aryl methyl sites for hydroxylation is 5. The van der Waals surface area contributed by atoms with Crippen molar-refractivity contribution in [3.05, 3.63) is 251 Å². The number of allylic oxidation sites excluding steroid dienone is 4. The minimum atomic E-state index is 0.753. The summed E-state index contributed by atoms with van der Waals surface area (Å²) >= 11 is 0. The summed E-state index contributed by atoms with van der Waals surface area (Å²) in [6.07, 6.45) is 4.44. The predicted molar refractivity (Wildman–Crippen MR) is 311 cm³/mol. The molecule has 0 spiro atoms. The average Bonchev–Trinajstić information content (AvgIpc) is 3.96.